The zero-order valence-electron chi connectivity index (χ0n) is 13.8. The molecule has 0 atom stereocenters. The van der Waals surface area contributed by atoms with Gasteiger partial charge in [0.05, 0.1) is 12.6 Å². The van der Waals surface area contributed by atoms with Crippen molar-refractivity contribution in [3.63, 3.8) is 0 Å². The number of nitrogens with one attached hydrogen (secondary N) is 1. The van der Waals surface area contributed by atoms with Crippen LogP contribution in [0.5, 0.6) is 0 Å². The molecule has 4 N–H and O–H groups in total. The fourth-order valence-corrected chi connectivity index (χ4v) is 3.65. The van der Waals surface area contributed by atoms with Crippen molar-refractivity contribution in [1.29, 1.82) is 0 Å². The van der Waals surface area contributed by atoms with Gasteiger partial charge < -0.3 is 16.2 Å². The minimum atomic E-state index is -2.60. The highest BCUT2D eigenvalue weighted by Gasteiger charge is 2.35. The first-order chi connectivity index (χ1) is 11.4. The van der Waals surface area contributed by atoms with Crippen LogP contribution in [0.3, 0.4) is 0 Å². The van der Waals surface area contributed by atoms with Gasteiger partial charge in [-0.3, -0.25) is 4.90 Å². The average molecular weight is 340 g/mol. The van der Waals surface area contributed by atoms with Crippen LogP contribution in [-0.4, -0.2) is 46.1 Å². The molecule has 134 valence electrons. The number of halogens is 2. The van der Waals surface area contributed by atoms with Gasteiger partial charge in [0.25, 0.3) is 5.92 Å². The number of hydrogen-bond acceptors (Lipinski definition) is 5. The van der Waals surface area contributed by atoms with Gasteiger partial charge in [-0.05, 0) is 56.3 Å². The molecule has 0 unspecified atom stereocenters. The first-order valence-electron chi connectivity index (χ1n) is 8.71. The molecule has 1 saturated heterocycles. The monoisotopic (exact) mass is 340 g/mol. The zero-order chi connectivity index (χ0) is 17.2. The zero-order valence-corrected chi connectivity index (χ0v) is 13.8. The molecule has 2 fully saturated rings. The molecule has 1 aromatic rings. The predicted octanol–water partition coefficient (Wildman–Crippen LogP) is 2.61. The summed E-state index contributed by atoms with van der Waals surface area (Å²) in [4.78, 5) is 6.08. The SMILES string of the molecule is Nc1cc(CN2CCCC(F)(F)C2)cc(N[C@H]2CC[C@H](O)CC2)n1. The van der Waals surface area contributed by atoms with Crippen LogP contribution in [0.15, 0.2) is 12.1 Å². The van der Waals surface area contributed by atoms with Crippen LogP contribution in [0.2, 0.25) is 0 Å². The van der Waals surface area contributed by atoms with Crippen LogP contribution < -0.4 is 11.1 Å². The van der Waals surface area contributed by atoms with Gasteiger partial charge in [0.15, 0.2) is 0 Å². The van der Waals surface area contributed by atoms with Gasteiger partial charge in [0.2, 0.25) is 0 Å². The molecule has 0 radical (unpaired) electrons. The number of aliphatic hydroxyl groups excluding tert-OH is 1. The van der Waals surface area contributed by atoms with Crippen molar-refractivity contribution in [2.45, 2.75) is 63.1 Å². The minimum absolute atomic E-state index is 0.0255. The standard InChI is InChI=1S/C17H26F2N4O/c18-17(19)6-1-7-23(11-17)10-12-8-15(20)22-16(9-12)21-13-2-4-14(24)5-3-13/h8-9,13-14,24H,1-7,10-11H2,(H3,20,21,22)/t13-,14-. The second kappa shape index (κ2) is 7.19. The van der Waals surface area contributed by atoms with E-state index in [1.807, 2.05) is 6.07 Å². The van der Waals surface area contributed by atoms with E-state index in [2.05, 4.69) is 10.3 Å². The smallest absolute Gasteiger partial charge is 0.260 e. The van der Waals surface area contributed by atoms with E-state index in [9.17, 15) is 13.9 Å². The van der Waals surface area contributed by atoms with E-state index in [0.29, 0.717) is 31.1 Å². The first-order valence-corrected chi connectivity index (χ1v) is 8.71. The molecule has 24 heavy (non-hydrogen) atoms. The summed E-state index contributed by atoms with van der Waals surface area (Å²) in [6.45, 7) is 0.944. The van der Waals surface area contributed by atoms with Crippen LogP contribution in [0.1, 0.15) is 44.1 Å². The average Bonchev–Trinajstić information content (AvgIpc) is 2.48. The highest BCUT2D eigenvalue weighted by atomic mass is 19.3. The Balaban J connectivity index is 1.63. The maximum absolute atomic E-state index is 13.5. The summed E-state index contributed by atoms with van der Waals surface area (Å²) < 4.78 is 27.1. The summed E-state index contributed by atoms with van der Waals surface area (Å²) in [6, 6.07) is 3.92. The highest BCUT2D eigenvalue weighted by molar-refractivity contribution is 5.47. The Morgan fingerprint density at radius 3 is 2.75 bits per heavy atom. The molecule has 0 aromatic carbocycles. The van der Waals surface area contributed by atoms with Crippen LogP contribution in [-0.2, 0) is 6.54 Å². The number of nitrogen functional groups attached to an aromatic ring is 1. The number of hydrogen-bond donors (Lipinski definition) is 3. The van der Waals surface area contributed by atoms with Crippen LogP contribution in [0.4, 0.5) is 20.4 Å². The van der Waals surface area contributed by atoms with Crippen molar-refractivity contribution < 1.29 is 13.9 Å². The molecule has 1 aliphatic heterocycles. The number of rotatable bonds is 4. The molecule has 0 amide bonds. The van der Waals surface area contributed by atoms with E-state index in [-0.39, 0.29) is 25.1 Å². The van der Waals surface area contributed by atoms with Crippen molar-refractivity contribution in [3.05, 3.63) is 17.7 Å². The maximum Gasteiger partial charge on any atom is 0.260 e. The van der Waals surface area contributed by atoms with Gasteiger partial charge >= 0.3 is 0 Å². The molecule has 1 saturated carbocycles. The van der Waals surface area contributed by atoms with Gasteiger partial charge in [-0.1, -0.05) is 0 Å². The van der Waals surface area contributed by atoms with Crippen molar-refractivity contribution in [3.8, 4) is 0 Å². The molecule has 3 rings (SSSR count). The Labute approximate surface area is 141 Å². The molecule has 1 aromatic heterocycles. The Bertz CT molecular complexity index is 562. The molecule has 7 heteroatoms. The van der Waals surface area contributed by atoms with Crippen molar-refractivity contribution >= 4 is 11.6 Å². The Kier molecular flexibility index (Phi) is 5.20. The van der Waals surface area contributed by atoms with E-state index in [1.54, 1.807) is 11.0 Å². The minimum Gasteiger partial charge on any atom is -0.393 e. The Morgan fingerprint density at radius 2 is 2.04 bits per heavy atom. The quantitative estimate of drug-likeness (QED) is 0.786. The lowest BCUT2D eigenvalue weighted by atomic mass is 9.93. The number of aliphatic hydroxyl groups is 1. The second-order valence-corrected chi connectivity index (χ2v) is 7.11. The van der Waals surface area contributed by atoms with E-state index in [0.717, 1.165) is 31.2 Å². The molecular weight excluding hydrogens is 314 g/mol. The molecule has 0 bridgehead atoms. The van der Waals surface area contributed by atoms with Crippen LogP contribution in [0.25, 0.3) is 0 Å². The van der Waals surface area contributed by atoms with Gasteiger partial charge in [-0.2, -0.15) is 0 Å². The van der Waals surface area contributed by atoms with Crippen LogP contribution >= 0.6 is 0 Å². The third-order valence-electron chi connectivity index (χ3n) is 4.83. The molecular formula is C17H26F2N4O. The van der Waals surface area contributed by atoms with E-state index < -0.39 is 5.92 Å². The van der Waals surface area contributed by atoms with Gasteiger partial charge in [0, 0.05) is 19.0 Å². The number of likely N-dealkylation sites (tertiary alicyclic amines) is 1. The van der Waals surface area contributed by atoms with Crippen molar-refractivity contribution in [2.75, 3.05) is 24.1 Å². The van der Waals surface area contributed by atoms with Gasteiger partial charge in [0.1, 0.15) is 11.6 Å². The topological polar surface area (TPSA) is 74.4 Å². The number of pyridine rings is 1. The molecule has 2 heterocycles. The highest BCUT2D eigenvalue weighted by Crippen LogP contribution is 2.28. The number of nitrogens with zero attached hydrogens (tertiary/aromatic N) is 2. The molecule has 5 nitrogen and oxygen atoms in total. The summed E-state index contributed by atoms with van der Waals surface area (Å²) in [5.74, 6) is -1.51. The van der Waals surface area contributed by atoms with E-state index in [4.69, 9.17) is 5.73 Å². The Hall–Kier alpha value is -1.47. The van der Waals surface area contributed by atoms with Gasteiger partial charge in [-0.15, -0.1) is 0 Å². The molecule has 2 aliphatic rings. The third-order valence-corrected chi connectivity index (χ3v) is 4.83. The van der Waals surface area contributed by atoms with E-state index in [1.165, 1.54) is 0 Å². The number of alkyl halides is 2. The lowest BCUT2D eigenvalue weighted by Crippen LogP contribution is -2.42. The van der Waals surface area contributed by atoms with Crippen molar-refractivity contribution in [2.24, 2.45) is 0 Å². The number of anilines is 2. The third kappa shape index (κ3) is 4.77. The summed E-state index contributed by atoms with van der Waals surface area (Å²) in [5.41, 5.74) is 6.79. The summed E-state index contributed by atoms with van der Waals surface area (Å²) in [5, 5.41) is 12.9. The molecule has 1 aliphatic carbocycles. The number of piperidine rings is 1. The fraction of sp³-hybridized carbons (Fsp3) is 0.706. The lowest BCUT2D eigenvalue weighted by molar-refractivity contribution is -0.0660. The second-order valence-electron chi connectivity index (χ2n) is 7.11. The summed E-state index contributed by atoms with van der Waals surface area (Å²) in [6.07, 6.45) is 3.65. The number of aromatic nitrogens is 1. The predicted molar refractivity (Wildman–Crippen MR) is 90.0 cm³/mol. The summed E-state index contributed by atoms with van der Waals surface area (Å²) in [7, 11) is 0. The van der Waals surface area contributed by atoms with Gasteiger partial charge in [-0.25, -0.2) is 13.8 Å². The van der Waals surface area contributed by atoms with E-state index >= 15 is 0 Å². The maximum atomic E-state index is 13.5. The summed E-state index contributed by atoms with van der Waals surface area (Å²) >= 11 is 0. The fourth-order valence-electron chi connectivity index (χ4n) is 3.65. The van der Waals surface area contributed by atoms with Crippen LogP contribution in [0, 0.1) is 0 Å². The normalized spacial score (nSPS) is 27.8. The Morgan fingerprint density at radius 1 is 1.29 bits per heavy atom. The lowest BCUT2D eigenvalue weighted by Gasteiger charge is -2.32. The number of nitrogens with two attached hydrogens (primary N) is 1. The largest absolute Gasteiger partial charge is 0.393 e. The van der Waals surface area contributed by atoms with Crippen molar-refractivity contribution in [1.82, 2.24) is 9.88 Å². The first kappa shape index (κ1) is 17.4. The molecule has 0 spiro atoms.